The van der Waals surface area contributed by atoms with Gasteiger partial charge in [-0.1, -0.05) is 0 Å². The Morgan fingerprint density at radius 1 is 1.44 bits per heavy atom. The third-order valence-electron chi connectivity index (χ3n) is 2.22. The normalized spacial score (nSPS) is 15.4. The summed E-state index contributed by atoms with van der Waals surface area (Å²) in [7, 11) is 0. The molecule has 1 saturated heterocycles. The maximum Gasteiger partial charge on any atom is 0.324 e. The van der Waals surface area contributed by atoms with Gasteiger partial charge in [0.2, 0.25) is 0 Å². The molecule has 0 spiro atoms. The average Bonchev–Trinajstić information content (AvgIpc) is 2.15. The number of hydrogen-bond donors (Lipinski definition) is 2. The maximum atomic E-state index is 11.5. The van der Waals surface area contributed by atoms with Crippen LogP contribution in [0.2, 0.25) is 0 Å². The van der Waals surface area contributed by atoms with E-state index in [1.165, 1.54) is 17.3 Å². The van der Waals surface area contributed by atoms with Crippen LogP contribution in [0.15, 0.2) is 12.4 Å². The highest BCUT2D eigenvalue weighted by molar-refractivity contribution is 5.89. The molecule has 0 atom stereocenters. The molecule has 0 unspecified atom stereocenters. The summed E-state index contributed by atoms with van der Waals surface area (Å²) in [5.74, 6) is -1.26. The number of likely N-dealkylation sites (tertiary alicyclic amines) is 1. The van der Waals surface area contributed by atoms with Crippen LogP contribution in [0.1, 0.15) is 0 Å². The Morgan fingerprint density at radius 2 is 2.19 bits per heavy atom. The fraction of sp³-hybridized carbons (Fsp3) is 0.375. The highest BCUT2D eigenvalue weighted by atomic mass is 16.4. The van der Waals surface area contributed by atoms with Gasteiger partial charge >= 0.3 is 12.0 Å². The predicted molar refractivity (Wildman–Crippen MR) is 51.5 cm³/mol. The zero-order valence-electron chi connectivity index (χ0n) is 8.20. The lowest BCUT2D eigenvalue weighted by molar-refractivity contribution is -0.145. The van der Waals surface area contributed by atoms with Crippen molar-refractivity contribution in [1.29, 1.82) is 0 Å². The first-order valence-corrected chi connectivity index (χ1v) is 4.59. The number of aromatic nitrogens is 3. The highest BCUT2D eigenvalue weighted by Gasteiger charge is 2.35. The van der Waals surface area contributed by atoms with Crippen LogP contribution in [0.25, 0.3) is 0 Å². The minimum absolute atomic E-state index is 0.103. The number of anilines is 1. The number of aliphatic carboxylic acids is 1. The van der Waals surface area contributed by atoms with E-state index in [4.69, 9.17) is 5.11 Å². The summed E-state index contributed by atoms with van der Waals surface area (Å²) >= 11 is 0. The van der Waals surface area contributed by atoms with Crippen molar-refractivity contribution in [3.05, 3.63) is 12.4 Å². The van der Waals surface area contributed by atoms with Crippen LogP contribution in [0, 0.1) is 5.92 Å². The lowest BCUT2D eigenvalue weighted by Crippen LogP contribution is -2.54. The van der Waals surface area contributed by atoms with E-state index in [0.717, 1.165) is 0 Å². The fourth-order valence-corrected chi connectivity index (χ4v) is 1.28. The number of urea groups is 1. The Balaban J connectivity index is 1.85. The van der Waals surface area contributed by atoms with Gasteiger partial charge in [-0.2, -0.15) is 5.10 Å². The number of hydrogen-bond acceptors (Lipinski definition) is 5. The number of amides is 2. The minimum atomic E-state index is -0.887. The van der Waals surface area contributed by atoms with Gasteiger partial charge in [0, 0.05) is 13.1 Å². The summed E-state index contributed by atoms with van der Waals surface area (Å²) < 4.78 is 0. The van der Waals surface area contributed by atoms with Crippen molar-refractivity contribution in [3.8, 4) is 0 Å². The molecule has 2 rings (SSSR count). The summed E-state index contributed by atoms with van der Waals surface area (Å²) in [5, 5.41) is 18.2. The Kier molecular flexibility index (Phi) is 2.63. The molecule has 0 saturated carbocycles. The molecule has 0 aromatic carbocycles. The lowest BCUT2D eigenvalue weighted by Gasteiger charge is -2.36. The first kappa shape index (κ1) is 10.3. The van der Waals surface area contributed by atoms with E-state index >= 15 is 0 Å². The number of nitrogens with zero attached hydrogens (tertiary/aromatic N) is 4. The standard InChI is InChI=1S/C8H9N5O3/c14-6(15)5-3-13(4-5)8(16)11-7-9-1-2-10-12-7/h1-2,5H,3-4H2,(H,14,15)(H,9,11,12,16). The van der Waals surface area contributed by atoms with Crippen LogP contribution in [-0.4, -0.2) is 50.3 Å². The highest BCUT2D eigenvalue weighted by Crippen LogP contribution is 2.16. The summed E-state index contributed by atoms with van der Waals surface area (Å²) in [6, 6.07) is -0.412. The van der Waals surface area contributed by atoms with Crippen LogP contribution < -0.4 is 5.32 Å². The van der Waals surface area contributed by atoms with Crippen molar-refractivity contribution < 1.29 is 14.7 Å². The molecule has 2 N–H and O–H groups in total. The van der Waals surface area contributed by atoms with Gasteiger partial charge in [-0.25, -0.2) is 9.78 Å². The van der Waals surface area contributed by atoms with Gasteiger partial charge in [0.15, 0.2) is 0 Å². The van der Waals surface area contributed by atoms with Gasteiger partial charge in [0.25, 0.3) is 5.95 Å². The topological polar surface area (TPSA) is 108 Å². The van der Waals surface area contributed by atoms with Crippen molar-refractivity contribution in [2.24, 2.45) is 5.92 Å². The largest absolute Gasteiger partial charge is 0.481 e. The van der Waals surface area contributed by atoms with Crippen LogP contribution in [0.3, 0.4) is 0 Å². The molecule has 1 aromatic rings. The summed E-state index contributed by atoms with van der Waals surface area (Å²) in [6.07, 6.45) is 2.79. The molecule has 8 heteroatoms. The quantitative estimate of drug-likeness (QED) is 0.694. The minimum Gasteiger partial charge on any atom is -0.481 e. The molecule has 1 aliphatic heterocycles. The van der Waals surface area contributed by atoms with E-state index < -0.39 is 17.9 Å². The molecule has 2 heterocycles. The predicted octanol–water partition coefficient (Wildman–Crippen LogP) is -0.580. The van der Waals surface area contributed by atoms with E-state index in [1.807, 2.05) is 0 Å². The van der Waals surface area contributed by atoms with E-state index in [0.29, 0.717) is 0 Å². The first-order valence-electron chi connectivity index (χ1n) is 4.59. The van der Waals surface area contributed by atoms with Crippen molar-refractivity contribution in [1.82, 2.24) is 20.1 Å². The summed E-state index contributed by atoms with van der Waals surface area (Å²) in [5.41, 5.74) is 0. The van der Waals surface area contributed by atoms with Gasteiger partial charge in [0.05, 0.1) is 18.3 Å². The second-order valence-corrected chi connectivity index (χ2v) is 3.34. The molecular weight excluding hydrogens is 214 g/mol. The van der Waals surface area contributed by atoms with Gasteiger partial charge in [-0.05, 0) is 0 Å². The van der Waals surface area contributed by atoms with Crippen molar-refractivity contribution in [2.75, 3.05) is 18.4 Å². The van der Waals surface area contributed by atoms with Gasteiger partial charge in [0.1, 0.15) is 0 Å². The van der Waals surface area contributed by atoms with E-state index in [2.05, 4.69) is 20.5 Å². The molecule has 0 bridgehead atoms. The van der Waals surface area contributed by atoms with E-state index in [-0.39, 0.29) is 19.0 Å². The molecule has 1 aromatic heterocycles. The monoisotopic (exact) mass is 223 g/mol. The Bertz CT molecular complexity index is 403. The number of carboxylic acids is 1. The zero-order valence-corrected chi connectivity index (χ0v) is 8.20. The Labute approximate surface area is 90.3 Å². The number of carboxylic acid groups (broad SMARTS) is 1. The SMILES string of the molecule is O=C(O)C1CN(C(=O)Nc2nccnn2)C1. The maximum absolute atomic E-state index is 11.5. The van der Waals surface area contributed by atoms with Crippen LogP contribution >= 0.6 is 0 Å². The molecule has 0 aliphatic carbocycles. The second-order valence-electron chi connectivity index (χ2n) is 3.34. The van der Waals surface area contributed by atoms with Crippen LogP contribution in [0.4, 0.5) is 10.7 Å². The smallest absolute Gasteiger partial charge is 0.324 e. The molecule has 0 radical (unpaired) electrons. The molecule has 1 aliphatic rings. The van der Waals surface area contributed by atoms with Crippen LogP contribution in [-0.2, 0) is 4.79 Å². The average molecular weight is 223 g/mol. The van der Waals surface area contributed by atoms with Crippen molar-refractivity contribution >= 4 is 17.9 Å². The first-order chi connectivity index (χ1) is 7.66. The second kappa shape index (κ2) is 4.09. The van der Waals surface area contributed by atoms with Gasteiger partial charge < -0.3 is 10.0 Å². The number of carbonyl (C=O) groups is 2. The van der Waals surface area contributed by atoms with Crippen molar-refractivity contribution in [2.45, 2.75) is 0 Å². The Morgan fingerprint density at radius 3 is 2.75 bits per heavy atom. The zero-order chi connectivity index (χ0) is 11.5. The molecule has 1 fully saturated rings. The van der Waals surface area contributed by atoms with Gasteiger partial charge in [-0.15, -0.1) is 5.10 Å². The van der Waals surface area contributed by atoms with E-state index in [1.54, 1.807) is 0 Å². The van der Waals surface area contributed by atoms with Crippen molar-refractivity contribution in [3.63, 3.8) is 0 Å². The summed E-state index contributed by atoms with van der Waals surface area (Å²) in [4.78, 5) is 27.1. The third kappa shape index (κ3) is 2.05. The number of nitrogens with one attached hydrogen (secondary N) is 1. The third-order valence-corrected chi connectivity index (χ3v) is 2.22. The number of rotatable bonds is 2. The summed E-state index contributed by atoms with van der Waals surface area (Å²) in [6.45, 7) is 0.420. The molecular formula is C8H9N5O3. The molecule has 16 heavy (non-hydrogen) atoms. The molecule has 84 valence electrons. The van der Waals surface area contributed by atoms with E-state index in [9.17, 15) is 9.59 Å². The molecule has 8 nitrogen and oxygen atoms in total. The fourth-order valence-electron chi connectivity index (χ4n) is 1.28. The number of carbonyl (C=O) groups excluding carboxylic acids is 1. The van der Waals surface area contributed by atoms with Crippen LogP contribution in [0.5, 0.6) is 0 Å². The Hall–Kier alpha value is -2.25. The van der Waals surface area contributed by atoms with Gasteiger partial charge in [-0.3, -0.25) is 10.1 Å². The lowest BCUT2D eigenvalue weighted by atomic mass is 10.0. The molecule has 2 amide bonds.